The number of anilines is 2. The van der Waals surface area contributed by atoms with Gasteiger partial charge in [-0.2, -0.15) is 0 Å². The van der Waals surface area contributed by atoms with Crippen molar-refractivity contribution in [2.45, 2.75) is 13.2 Å². The average Bonchev–Trinajstić information content (AvgIpc) is 3.13. The van der Waals surface area contributed by atoms with Crippen LogP contribution in [0, 0.1) is 5.82 Å². The first-order valence-electron chi connectivity index (χ1n) is 10.7. The summed E-state index contributed by atoms with van der Waals surface area (Å²) in [4.78, 5) is 26.7. The Bertz CT molecular complexity index is 1330. The zero-order valence-corrected chi connectivity index (χ0v) is 18.4. The topological polar surface area (TPSA) is 110 Å². The van der Waals surface area contributed by atoms with Gasteiger partial charge in [0.05, 0.1) is 18.8 Å². The fourth-order valence-electron chi connectivity index (χ4n) is 4.05. The molecule has 0 aliphatic carbocycles. The summed E-state index contributed by atoms with van der Waals surface area (Å²) in [6.45, 7) is 0.00461. The van der Waals surface area contributed by atoms with Gasteiger partial charge >= 0.3 is 0 Å². The number of para-hydroxylation sites is 1. The predicted molar refractivity (Wildman–Crippen MR) is 123 cm³/mol. The van der Waals surface area contributed by atoms with E-state index in [9.17, 15) is 19.2 Å². The molecule has 0 spiro atoms. The number of fused-ring (bicyclic) bond motifs is 2. The molecule has 2 aliphatic rings. The smallest absolute Gasteiger partial charge is 0.281 e. The van der Waals surface area contributed by atoms with Crippen molar-refractivity contribution in [3.63, 3.8) is 0 Å². The van der Waals surface area contributed by atoms with Gasteiger partial charge in [0, 0.05) is 22.4 Å². The van der Waals surface area contributed by atoms with E-state index in [1.54, 1.807) is 36.4 Å². The Morgan fingerprint density at radius 1 is 1.17 bits per heavy atom. The Labute approximate surface area is 199 Å². The van der Waals surface area contributed by atoms with Crippen LogP contribution >= 0.6 is 0 Å². The fourth-order valence-corrected chi connectivity index (χ4v) is 4.05. The van der Waals surface area contributed by atoms with E-state index in [0.29, 0.717) is 39.6 Å². The van der Waals surface area contributed by atoms with Crippen molar-refractivity contribution in [3.05, 3.63) is 83.2 Å². The summed E-state index contributed by atoms with van der Waals surface area (Å²) >= 11 is 0. The van der Waals surface area contributed by atoms with Gasteiger partial charge in [-0.3, -0.25) is 9.59 Å². The molecule has 3 aromatic rings. The first kappa shape index (κ1) is 22.4. The Hall–Kier alpha value is -4.44. The van der Waals surface area contributed by atoms with Crippen LogP contribution < -0.4 is 19.7 Å². The van der Waals surface area contributed by atoms with E-state index in [-0.39, 0.29) is 32.3 Å². The quantitative estimate of drug-likeness (QED) is 0.416. The lowest BCUT2D eigenvalue weighted by molar-refractivity contribution is -0.118. The van der Waals surface area contributed by atoms with Crippen molar-refractivity contribution in [2.24, 2.45) is 5.16 Å². The highest BCUT2D eigenvalue weighted by Gasteiger charge is 2.36. The summed E-state index contributed by atoms with van der Waals surface area (Å²) in [5, 5.41) is 15.4. The van der Waals surface area contributed by atoms with E-state index >= 15 is 0 Å². The standard InChI is InChI=1S/C25H20FN3O6/c26-17-8-15(24-16(9-17)12-33-14-35-24)11-29-21-7-6-18(10-20(21)23(28-32)25(29)31)27-22(30)13-34-19-4-2-1-3-5-19/h1-10,32H,11-14H2,(H,27,30)/b28-23-. The lowest BCUT2D eigenvalue weighted by atomic mass is 10.1. The number of amides is 2. The van der Waals surface area contributed by atoms with Crippen LogP contribution in [0.1, 0.15) is 16.7 Å². The molecule has 3 aromatic carbocycles. The molecular weight excluding hydrogens is 457 g/mol. The molecule has 0 aromatic heterocycles. The molecule has 9 nitrogen and oxygen atoms in total. The average molecular weight is 477 g/mol. The van der Waals surface area contributed by atoms with Gasteiger partial charge in [0.1, 0.15) is 17.3 Å². The predicted octanol–water partition coefficient (Wildman–Crippen LogP) is 3.43. The number of rotatable bonds is 6. The van der Waals surface area contributed by atoms with Gasteiger partial charge in [-0.25, -0.2) is 4.39 Å². The molecule has 178 valence electrons. The number of carbonyl (C=O) groups is 2. The van der Waals surface area contributed by atoms with E-state index in [1.807, 2.05) is 6.07 Å². The molecule has 0 unspecified atom stereocenters. The molecule has 0 atom stereocenters. The van der Waals surface area contributed by atoms with Crippen molar-refractivity contribution in [1.82, 2.24) is 0 Å². The van der Waals surface area contributed by atoms with E-state index in [2.05, 4.69) is 10.5 Å². The van der Waals surface area contributed by atoms with Crippen LogP contribution in [0.5, 0.6) is 11.5 Å². The first-order valence-corrected chi connectivity index (χ1v) is 10.7. The number of halogens is 1. The molecule has 0 bridgehead atoms. The minimum Gasteiger partial charge on any atom is -0.484 e. The van der Waals surface area contributed by atoms with Crippen molar-refractivity contribution in [1.29, 1.82) is 0 Å². The maximum atomic E-state index is 14.2. The SMILES string of the molecule is O=C(COc1ccccc1)Nc1ccc2c(c1)/C(=N/O)C(=O)N2Cc1cc(F)cc2c1OCOC2. The van der Waals surface area contributed by atoms with Crippen LogP contribution in [0.3, 0.4) is 0 Å². The number of nitrogens with zero attached hydrogens (tertiary/aromatic N) is 2. The molecule has 0 radical (unpaired) electrons. The molecule has 2 heterocycles. The highest BCUT2D eigenvalue weighted by molar-refractivity contribution is 6.54. The maximum absolute atomic E-state index is 14.2. The molecule has 2 N–H and O–H groups in total. The minimum atomic E-state index is -0.566. The third kappa shape index (κ3) is 4.51. The summed E-state index contributed by atoms with van der Waals surface area (Å²) in [6, 6.07) is 16.3. The van der Waals surface area contributed by atoms with Crippen molar-refractivity contribution < 1.29 is 33.4 Å². The molecule has 2 aliphatic heterocycles. The van der Waals surface area contributed by atoms with Crippen molar-refractivity contribution in [3.8, 4) is 11.5 Å². The monoisotopic (exact) mass is 477 g/mol. The number of nitrogens with one attached hydrogen (secondary N) is 1. The van der Waals surface area contributed by atoms with Crippen molar-refractivity contribution >= 4 is 28.9 Å². The molecule has 0 fully saturated rings. The van der Waals surface area contributed by atoms with Gasteiger partial charge in [0.25, 0.3) is 11.8 Å². The van der Waals surface area contributed by atoms with Gasteiger partial charge in [-0.05, 0) is 42.5 Å². The zero-order chi connectivity index (χ0) is 24.4. The van der Waals surface area contributed by atoms with Crippen LogP contribution in [0.4, 0.5) is 15.8 Å². The highest BCUT2D eigenvalue weighted by atomic mass is 19.1. The molecule has 35 heavy (non-hydrogen) atoms. The normalized spacial score (nSPS) is 15.4. The largest absolute Gasteiger partial charge is 0.484 e. The Kier molecular flexibility index (Phi) is 6.02. The van der Waals surface area contributed by atoms with Crippen LogP contribution in [0.2, 0.25) is 0 Å². The number of hydrogen-bond donors (Lipinski definition) is 2. The molecule has 10 heteroatoms. The van der Waals surface area contributed by atoms with E-state index in [4.69, 9.17) is 14.2 Å². The Morgan fingerprint density at radius 2 is 2.00 bits per heavy atom. The van der Waals surface area contributed by atoms with Gasteiger partial charge in [-0.1, -0.05) is 23.4 Å². The van der Waals surface area contributed by atoms with Gasteiger partial charge in [0.15, 0.2) is 19.1 Å². The second kappa shape index (κ2) is 9.43. The summed E-state index contributed by atoms with van der Waals surface area (Å²) in [6.07, 6.45) is 0. The van der Waals surface area contributed by atoms with Gasteiger partial charge in [0.2, 0.25) is 0 Å². The summed E-state index contributed by atoms with van der Waals surface area (Å²) < 4.78 is 30.4. The van der Waals surface area contributed by atoms with Crippen molar-refractivity contribution in [2.75, 3.05) is 23.6 Å². The fraction of sp³-hybridized carbons (Fsp3) is 0.160. The lowest BCUT2D eigenvalue weighted by Crippen LogP contribution is -2.30. The lowest BCUT2D eigenvalue weighted by Gasteiger charge is -2.24. The van der Waals surface area contributed by atoms with Crippen LogP contribution in [-0.2, 0) is 27.5 Å². The second-order valence-corrected chi connectivity index (χ2v) is 7.89. The second-order valence-electron chi connectivity index (χ2n) is 7.89. The number of carbonyl (C=O) groups excluding carboxylic acids is 2. The van der Waals surface area contributed by atoms with E-state index < -0.39 is 17.6 Å². The Balaban J connectivity index is 1.36. The number of hydrogen-bond acceptors (Lipinski definition) is 7. The molecule has 0 saturated heterocycles. The molecule has 5 rings (SSSR count). The van der Waals surface area contributed by atoms with E-state index in [0.717, 1.165) is 0 Å². The molecule has 0 saturated carbocycles. The van der Waals surface area contributed by atoms with E-state index in [1.165, 1.54) is 23.1 Å². The van der Waals surface area contributed by atoms with Gasteiger partial charge < -0.3 is 29.6 Å². The first-order chi connectivity index (χ1) is 17.0. The van der Waals surface area contributed by atoms with Gasteiger partial charge in [-0.15, -0.1) is 0 Å². The molecular formula is C25H20FN3O6. The number of ether oxygens (including phenoxy) is 3. The molecule has 2 amide bonds. The summed E-state index contributed by atoms with van der Waals surface area (Å²) in [5.41, 5.74) is 1.98. The maximum Gasteiger partial charge on any atom is 0.281 e. The van der Waals surface area contributed by atoms with Crippen LogP contribution in [0.15, 0.2) is 65.8 Å². The minimum absolute atomic E-state index is 0.0123. The summed E-state index contributed by atoms with van der Waals surface area (Å²) in [7, 11) is 0. The van der Waals surface area contributed by atoms with Crippen LogP contribution in [-0.4, -0.2) is 36.1 Å². The number of benzene rings is 3. The van der Waals surface area contributed by atoms with Crippen LogP contribution in [0.25, 0.3) is 0 Å². The highest BCUT2D eigenvalue weighted by Crippen LogP contribution is 2.36. The number of oxime groups is 1. The zero-order valence-electron chi connectivity index (χ0n) is 18.4. The Morgan fingerprint density at radius 3 is 2.80 bits per heavy atom. The third-order valence-corrected chi connectivity index (χ3v) is 5.57. The summed E-state index contributed by atoms with van der Waals surface area (Å²) in [5.74, 6) is -0.426. The third-order valence-electron chi connectivity index (χ3n) is 5.57.